The van der Waals surface area contributed by atoms with Crippen LogP contribution in [0.25, 0.3) is 22.6 Å². The van der Waals surface area contributed by atoms with E-state index in [2.05, 4.69) is 15.4 Å². The molecule has 0 unspecified atom stereocenters. The molecule has 2 aromatic carbocycles. The van der Waals surface area contributed by atoms with Crippen molar-refractivity contribution in [3.63, 3.8) is 0 Å². The first-order valence-electron chi connectivity index (χ1n) is 9.82. The van der Waals surface area contributed by atoms with Crippen LogP contribution in [0.1, 0.15) is 5.56 Å². The smallest absolute Gasteiger partial charge is 0.224 e. The number of nitrogens with one attached hydrogen (secondary N) is 1. The molecule has 0 fully saturated rings. The molecule has 0 atom stereocenters. The summed E-state index contributed by atoms with van der Waals surface area (Å²) in [5, 5.41) is 7.32. The van der Waals surface area contributed by atoms with Crippen molar-refractivity contribution in [3.8, 4) is 22.6 Å². The second-order valence-corrected chi connectivity index (χ2v) is 7.16. The minimum Gasteiger partial charge on any atom is -0.354 e. The van der Waals surface area contributed by atoms with Crippen LogP contribution in [0.15, 0.2) is 67.1 Å². The zero-order chi connectivity index (χ0) is 21.8. The van der Waals surface area contributed by atoms with Crippen LogP contribution in [0.4, 0.5) is 8.78 Å². The van der Waals surface area contributed by atoms with Crippen molar-refractivity contribution in [2.24, 2.45) is 7.05 Å². The van der Waals surface area contributed by atoms with Gasteiger partial charge in [0, 0.05) is 31.5 Å². The minimum absolute atomic E-state index is 0.101. The number of aryl methyl sites for hydroxylation is 1. The molecule has 4 aromatic rings. The van der Waals surface area contributed by atoms with Crippen LogP contribution < -0.4 is 5.32 Å². The van der Waals surface area contributed by atoms with Gasteiger partial charge >= 0.3 is 0 Å². The van der Waals surface area contributed by atoms with Crippen LogP contribution >= 0.6 is 0 Å². The molecule has 2 heterocycles. The van der Waals surface area contributed by atoms with Gasteiger partial charge in [-0.2, -0.15) is 5.10 Å². The lowest BCUT2D eigenvalue weighted by molar-refractivity contribution is -0.120. The van der Waals surface area contributed by atoms with E-state index < -0.39 is 0 Å². The van der Waals surface area contributed by atoms with E-state index >= 15 is 0 Å². The fraction of sp³-hybridized carbons (Fsp3) is 0.174. The van der Waals surface area contributed by atoms with Crippen molar-refractivity contribution in [1.82, 2.24) is 24.6 Å². The van der Waals surface area contributed by atoms with Crippen molar-refractivity contribution < 1.29 is 13.6 Å². The second-order valence-electron chi connectivity index (χ2n) is 7.16. The zero-order valence-corrected chi connectivity index (χ0v) is 16.9. The van der Waals surface area contributed by atoms with Gasteiger partial charge in [-0.05, 0) is 35.4 Å². The Labute approximate surface area is 178 Å². The highest BCUT2D eigenvalue weighted by molar-refractivity contribution is 5.79. The van der Waals surface area contributed by atoms with Crippen LogP contribution in [0.2, 0.25) is 0 Å². The molecule has 0 spiro atoms. The largest absolute Gasteiger partial charge is 0.354 e. The Morgan fingerprint density at radius 3 is 2.61 bits per heavy atom. The quantitative estimate of drug-likeness (QED) is 0.496. The number of hydrogen-bond donors (Lipinski definition) is 1. The number of nitrogens with zero attached hydrogens (tertiary/aromatic N) is 4. The molecule has 31 heavy (non-hydrogen) atoms. The average molecular weight is 421 g/mol. The third kappa shape index (κ3) is 4.69. The lowest BCUT2D eigenvalue weighted by Crippen LogP contribution is -2.29. The maximum atomic E-state index is 13.4. The lowest BCUT2D eigenvalue weighted by atomic mass is 10.1. The number of carbonyl (C=O) groups is 1. The third-order valence-electron chi connectivity index (χ3n) is 4.93. The van der Waals surface area contributed by atoms with Gasteiger partial charge in [-0.3, -0.25) is 9.48 Å². The van der Waals surface area contributed by atoms with Gasteiger partial charge in [-0.25, -0.2) is 13.8 Å². The van der Waals surface area contributed by atoms with Gasteiger partial charge in [0.15, 0.2) is 5.82 Å². The van der Waals surface area contributed by atoms with E-state index in [1.165, 1.54) is 24.3 Å². The van der Waals surface area contributed by atoms with Crippen molar-refractivity contribution in [1.29, 1.82) is 0 Å². The summed E-state index contributed by atoms with van der Waals surface area (Å²) >= 11 is 0. The van der Waals surface area contributed by atoms with E-state index in [1.807, 2.05) is 17.8 Å². The first-order valence-corrected chi connectivity index (χ1v) is 9.82. The summed E-state index contributed by atoms with van der Waals surface area (Å²) in [6.45, 7) is 0.758. The Morgan fingerprint density at radius 2 is 1.90 bits per heavy atom. The molecule has 0 bridgehead atoms. The molecule has 1 N–H and O–H groups in total. The second kappa shape index (κ2) is 8.91. The summed E-state index contributed by atoms with van der Waals surface area (Å²) in [7, 11) is 1.88. The first-order chi connectivity index (χ1) is 15.0. The molecule has 158 valence electrons. The molecule has 2 aromatic heterocycles. The summed E-state index contributed by atoms with van der Waals surface area (Å²) in [6, 6.07) is 12.2. The number of imidazole rings is 1. The van der Waals surface area contributed by atoms with Crippen molar-refractivity contribution in [2.45, 2.75) is 13.0 Å². The molecule has 0 aliphatic heterocycles. The van der Waals surface area contributed by atoms with E-state index in [0.29, 0.717) is 24.5 Å². The maximum Gasteiger partial charge on any atom is 0.224 e. The predicted molar refractivity (Wildman–Crippen MR) is 113 cm³/mol. The van der Waals surface area contributed by atoms with E-state index in [9.17, 15) is 13.6 Å². The van der Waals surface area contributed by atoms with Crippen molar-refractivity contribution >= 4 is 5.91 Å². The highest BCUT2D eigenvalue weighted by Crippen LogP contribution is 2.31. The standard InChI is InChI=1S/C23H21F2N5O/c1-29-11-9-27-23(29)22-20(17-5-7-18(24)8-6-17)15-28-30(22)12-10-26-21(31)14-16-3-2-4-19(25)13-16/h2-9,11,13,15H,10,12,14H2,1H3,(H,26,31). The third-order valence-corrected chi connectivity index (χ3v) is 4.93. The SMILES string of the molecule is Cn1ccnc1-c1c(-c2ccc(F)cc2)cnn1CCNC(=O)Cc1cccc(F)c1. The minimum atomic E-state index is -0.366. The Kier molecular flexibility index (Phi) is 5.88. The molecule has 0 saturated carbocycles. The van der Waals surface area contributed by atoms with Crippen LogP contribution in [0.3, 0.4) is 0 Å². The molecule has 6 nitrogen and oxygen atoms in total. The molecule has 1 amide bonds. The van der Waals surface area contributed by atoms with E-state index in [-0.39, 0.29) is 24.0 Å². The van der Waals surface area contributed by atoms with Gasteiger partial charge < -0.3 is 9.88 Å². The number of aromatic nitrogens is 4. The summed E-state index contributed by atoms with van der Waals surface area (Å²) in [4.78, 5) is 16.7. The summed E-state index contributed by atoms with van der Waals surface area (Å²) in [5.74, 6) is -0.163. The monoisotopic (exact) mass is 421 g/mol. The van der Waals surface area contributed by atoms with Gasteiger partial charge in [0.25, 0.3) is 0 Å². The predicted octanol–water partition coefficient (Wildman–Crippen LogP) is 3.59. The van der Waals surface area contributed by atoms with Crippen LogP contribution in [0, 0.1) is 11.6 Å². The highest BCUT2D eigenvalue weighted by Gasteiger charge is 2.18. The molecule has 0 aliphatic carbocycles. The first kappa shape index (κ1) is 20.5. The summed E-state index contributed by atoms with van der Waals surface area (Å²) in [5.41, 5.74) is 3.03. The van der Waals surface area contributed by atoms with Gasteiger partial charge in [0.2, 0.25) is 5.91 Å². The average Bonchev–Trinajstić information content (AvgIpc) is 3.34. The molecule has 0 aliphatic rings. The lowest BCUT2D eigenvalue weighted by Gasteiger charge is -2.11. The number of halogens is 2. The zero-order valence-electron chi connectivity index (χ0n) is 16.9. The molecular weight excluding hydrogens is 400 g/mol. The summed E-state index contributed by atoms with van der Waals surface area (Å²) < 4.78 is 30.3. The van der Waals surface area contributed by atoms with E-state index in [0.717, 1.165) is 16.8 Å². The number of hydrogen-bond acceptors (Lipinski definition) is 3. The molecular formula is C23H21F2N5O. The van der Waals surface area contributed by atoms with Crippen LogP contribution in [-0.2, 0) is 24.8 Å². The number of amides is 1. The van der Waals surface area contributed by atoms with E-state index in [4.69, 9.17) is 0 Å². The Morgan fingerprint density at radius 1 is 1.10 bits per heavy atom. The summed E-state index contributed by atoms with van der Waals surface area (Å²) in [6.07, 6.45) is 5.35. The van der Waals surface area contributed by atoms with Crippen molar-refractivity contribution in [3.05, 3.63) is 84.3 Å². The number of carbonyl (C=O) groups excluding carboxylic acids is 1. The van der Waals surface area contributed by atoms with Crippen molar-refractivity contribution in [2.75, 3.05) is 6.54 Å². The Balaban J connectivity index is 1.51. The Hall–Kier alpha value is -3.81. The van der Waals surface area contributed by atoms with Gasteiger partial charge in [-0.1, -0.05) is 24.3 Å². The Bertz CT molecular complexity index is 1200. The molecule has 4 rings (SSSR count). The number of rotatable bonds is 7. The normalized spacial score (nSPS) is 10.9. The fourth-order valence-corrected chi connectivity index (χ4v) is 3.42. The van der Waals surface area contributed by atoms with Crippen LogP contribution in [-0.4, -0.2) is 31.8 Å². The topological polar surface area (TPSA) is 64.7 Å². The molecule has 0 saturated heterocycles. The van der Waals surface area contributed by atoms with Gasteiger partial charge in [0.05, 0.1) is 19.2 Å². The van der Waals surface area contributed by atoms with E-state index in [1.54, 1.807) is 41.3 Å². The highest BCUT2D eigenvalue weighted by atomic mass is 19.1. The maximum absolute atomic E-state index is 13.4. The van der Waals surface area contributed by atoms with Gasteiger partial charge in [-0.15, -0.1) is 0 Å². The number of benzene rings is 2. The van der Waals surface area contributed by atoms with Crippen LogP contribution in [0.5, 0.6) is 0 Å². The molecule has 8 heteroatoms. The molecule has 0 radical (unpaired) electrons. The van der Waals surface area contributed by atoms with Gasteiger partial charge in [0.1, 0.15) is 17.3 Å². The fourth-order valence-electron chi connectivity index (χ4n) is 3.42.